The Kier molecular flexibility index (Phi) is 2.84. The molecule has 13 heavy (non-hydrogen) atoms. The van der Waals surface area contributed by atoms with Gasteiger partial charge in [-0.2, -0.15) is 4.98 Å². The Morgan fingerprint density at radius 2 is 2.08 bits per heavy atom. The van der Waals surface area contributed by atoms with Crippen LogP contribution in [0.3, 0.4) is 0 Å². The molecule has 0 saturated heterocycles. The van der Waals surface area contributed by atoms with E-state index >= 15 is 0 Å². The van der Waals surface area contributed by atoms with E-state index in [-0.39, 0.29) is 0 Å². The normalized spacial score (nSPS) is 9.46. The average Bonchev–Trinajstić information content (AvgIpc) is 2.52. The number of rotatable bonds is 0. The highest BCUT2D eigenvalue weighted by Gasteiger charge is 1.98. The average molecular weight is 178 g/mol. The summed E-state index contributed by atoms with van der Waals surface area (Å²) < 4.78 is 1.91. The molecule has 0 bridgehead atoms. The van der Waals surface area contributed by atoms with Gasteiger partial charge in [-0.1, -0.05) is 13.8 Å². The molecule has 2 aromatic rings. The Hall–Kier alpha value is -1.58. The maximum Gasteiger partial charge on any atom is 0.221 e. The Morgan fingerprint density at radius 3 is 2.77 bits per heavy atom. The predicted molar refractivity (Wildman–Crippen MR) is 54.3 cm³/mol. The fourth-order valence-corrected chi connectivity index (χ4v) is 1.06. The van der Waals surface area contributed by atoms with Gasteiger partial charge >= 0.3 is 0 Å². The SMILES string of the molecule is CC.Cn1ccc2cnc(N)nc21. The third-order valence-corrected chi connectivity index (χ3v) is 1.63. The topological polar surface area (TPSA) is 56.7 Å². The van der Waals surface area contributed by atoms with E-state index in [1.807, 2.05) is 37.7 Å². The summed E-state index contributed by atoms with van der Waals surface area (Å²) in [7, 11) is 1.93. The standard InChI is InChI=1S/C7H8N4.C2H6/c1-11-3-2-5-4-9-7(8)10-6(5)11;1-2/h2-4H,1H3,(H2,8,9,10);1-2H3. The first kappa shape index (κ1) is 9.51. The first-order valence-electron chi connectivity index (χ1n) is 4.31. The Balaban J connectivity index is 0.000000396. The van der Waals surface area contributed by atoms with E-state index < -0.39 is 0 Å². The van der Waals surface area contributed by atoms with Crippen LogP contribution in [0.25, 0.3) is 11.0 Å². The van der Waals surface area contributed by atoms with E-state index in [0.29, 0.717) is 5.95 Å². The van der Waals surface area contributed by atoms with Crippen LogP contribution in [0.1, 0.15) is 13.8 Å². The third-order valence-electron chi connectivity index (χ3n) is 1.63. The molecule has 0 amide bonds. The lowest BCUT2D eigenvalue weighted by Crippen LogP contribution is -1.95. The van der Waals surface area contributed by atoms with Crippen LogP contribution in [0.5, 0.6) is 0 Å². The Bertz CT molecular complexity index is 391. The zero-order chi connectivity index (χ0) is 9.84. The zero-order valence-electron chi connectivity index (χ0n) is 8.15. The Labute approximate surface area is 77.4 Å². The molecule has 4 heteroatoms. The van der Waals surface area contributed by atoms with Gasteiger partial charge in [-0.05, 0) is 6.07 Å². The lowest BCUT2D eigenvalue weighted by atomic mass is 10.4. The molecule has 70 valence electrons. The maximum atomic E-state index is 5.42. The minimum atomic E-state index is 0.319. The second kappa shape index (κ2) is 3.89. The second-order valence-corrected chi connectivity index (χ2v) is 2.43. The third kappa shape index (κ3) is 1.77. The van der Waals surface area contributed by atoms with Crippen LogP contribution in [0.15, 0.2) is 18.5 Å². The summed E-state index contributed by atoms with van der Waals surface area (Å²) in [4.78, 5) is 7.94. The molecule has 0 unspecified atom stereocenters. The van der Waals surface area contributed by atoms with E-state index in [4.69, 9.17) is 5.73 Å². The van der Waals surface area contributed by atoms with E-state index in [0.717, 1.165) is 11.0 Å². The van der Waals surface area contributed by atoms with Crippen LogP contribution in [0.4, 0.5) is 5.95 Å². The van der Waals surface area contributed by atoms with Crippen molar-refractivity contribution in [2.75, 3.05) is 5.73 Å². The highest BCUT2D eigenvalue weighted by atomic mass is 15.1. The van der Waals surface area contributed by atoms with Crippen molar-refractivity contribution in [3.63, 3.8) is 0 Å². The number of fused-ring (bicyclic) bond motifs is 1. The summed E-state index contributed by atoms with van der Waals surface area (Å²) in [6, 6.07) is 1.95. The summed E-state index contributed by atoms with van der Waals surface area (Å²) in [6.07, 6.45) is 3.65. The number of hydrogen-bond donors (Lipinski definition) is 1. The predicted octanol–water partition coefficient (Wildman–Crippen LogP) is 1.58. The highest BCUT2D eigenvalue weighted by molar-refractivity contribution is 5.75. The number of aromatic nitrogens is 3. The van der Waals surface area contributed by atoms with Gasteiger partial charge in [0, 0.05) is 24.8 Å². The molecule has 0 spiro atoms. The van der Waals surface area contributed by atoms with Gasteiger partial charge in [-0.3, -0.25) is 0 Å². The van der Waals surface area contributed by atoms with Crippen molar-refractivity contribution in [2.24, 2.45) is 7.05 Å². The van der Waals surface area contributed by atoms with Crippen molar-refractivity contribution in [1.29, 1.82) is 0 Å². The van der Waals surface area contributed by atoms with Gasteiger partial charge in [0.15, 0.2) is 0 Å². The van der Waals surface area contributed by atoms with Crippen molar-refractivity contribution in [3.8, 4) is 0 Å². The van der Waals surface area contributed by atoms with E-state index in [9.17, 15) is 0 Å². The second-order valence-electron chi connectivity index (χ2n) is 2.43. The zero-order valence-corrected chi connectivity index (χ0v) is 8.15. The summed E-state index contributed by atoms with van der Waals surface area (Å²) >= 11 is 0. The molecule has 0 radical (unpaired) electrons. The molecule has 0 atom stereocenters. The van der Waals surface area contributed by atoms with E-state index in [1.54, 1.807) is 6.20 Å². The minimum absolute atomic E-state index is 0.319. The van der Waals surface area contributed by atoms with Gasteiger partial charge in [0.1, 0.15) is 5.65 Å². The van der Waals surface area contributed by atoms with Gasteiger partial charge in [-0.25, -0.2) is 4.98 Å². The van der Waals surface area contributed by atoms with Gasteiger partial charge in [-0.15, -0.1) is 0 Å². The van der Waals surface area contributed by atoms with Gasteiger partial charge in [0.05, 0.1) is 0 Å². The smallest absolute Gasteiger partial charge is 0.221 e. The molecule has 0 fully saturated rings. The van der Waals surface area contributed by atoms with Crippen LogP contribution in [-0.4, -0.2) is 14.5 Å². The molecule has 0 aliphatic rings. The van der Waals surface area contributed by atoms with E-state index in [1.165, 1.54) is 0 Å². The van der Waals surface area contributed by atoms with Gasteiger partial charge in [0.25, 0.3) is 0 Å². The molecule has 2 N–H and O–H groups in total. The molecular weight excluding hydrogens is 164 g/mol. The molecule has 2 aromatic heterocycles. The van der Waals surface area contributed by atoms with Crippen LogP contribution in [0.2, 0.25) is 0 Å². The lowest BCUT2D eigenvalue weighted by molar-refractivity contribution is 0.946. The van der Waals surface area contributed by atoms with Crippen molar-refractivity contribution in [1.82, 2.24) is 14.5 Å². The molecule has 2 heterocycles. The number of aryl methyl sites for hydroxylation is 1. The van der Waals surface area contributed by atoms with Crippen LogP contribution >= 0.6 is 0 Å². The molecular formula is C9H14N4. The monoisotopic (exact) mass is 178 g/mol. The first-order valence-corrected chi connectivity index (χ1v) is 4.31. The fraction of sp³-hybridized carbons (Fsp3) is 0.333. The van der Waals surface area contributed by atoms with Crippen molar-refractivity contribution in [3.05, 3.63) is 18.5 Å². The number of nitrogens with zero attached hydrogens (tertiary/aromatic N) is 3. The Morgan fingerprint density at radius 1 is 1.38 bits per heavy atom. The highest BCUT2D eigenvalue weighted by Crippen LogP contribution is 2.10. The van der Waals surface area contributed by atoms with Gasteiger partial charge in [0.2, 0.25) is 5.95 Å². The quantitative estimate of drug-likeness (QED) is 0.666. The molecule has 0 aliphatic carbocycles. The van der Waals surface area contributed by atoms with Crippen LogP contribution < -0.4 is 5.73 Å². The largest absolute Gasteiger partial charge is 0.368 e. The summed E-state index contributed by atoms with van der Waals surface area (Å²) in [5.74, 6) is 0.319. The summed E-state index contributed by atoms with van der Waals surface area (Å²) in [5.41, 5.74) is 6.29. The molecule has 4 nitrogen and oxygen atoms in total. The van der Waals surface area contributed by atoms with Crippen molar-refractivity contribution in [2.45, 2.75) is 13.8 Å². The maximum absolute atomic E-state index is 5.42. The van der Waals surface area contributed by atoms with Crippen LogP contribution in [0, 0.1) is 0 Å². The lowest BCUT2D eigenvalue weighted by Gasteiger charge is -1.94. The number of nitrogens with two attached hydrogens (primary N) is 1. The molecule has 0 aliphatic heterocycles. The van der Waals surface area contributed by atoms with Gasteiger partial charge < -0.3 is 10.3 Å². The fourth-order valence-electron chi connectivity index (χ4n) is 1.06. The van der Waals surface area contributed by atoms with Crippen LogP contribution in [-0.2, 0) is 7.05 Å². The number of hydrogen-bond acceptors (Lipinski definition) is 3. The first-order chi connectivity index (χ1) is 6.27. The minimum Gasteiger partial charge on any atom is -0.368 e. The summed E-state index contributed by atoms with van der Waals surface area (Å²) in [6.45, 7) is 4.00. The molecule has 0 aromatic carbocycles. The summed E-state index contributed by atoms with van der Waals surface area (Å²) in [5, 5.41) is 1.02. The van der Waals surface area contributed by atoms with Crippen molar-refractivity contribution >= 4 is 17.0 Å². The van der Waals surface area contributed by atoms with Crippen molar-refractivity contribution < 1.29 is 0 Å². The molecule has 2 rings (SSSR count). The molecule has 0 saturated carbocycles. The number of anilines is 1. The van der Waals surface area contributed by atoms with E-state index in [2.05, 4.69) is 9.97 Å². The number of nitrogen functional groups attached to an aromatic ring is 1.